The Balaban J connectivity index is 1.09. The molecule has 0 bridgehead atoms. The Labute approximate surface area is 278 Å². The number of piperidine rings is 2. The zero-order valence-corrected chi connectivity index (χ0v) is 28.6. The number of nitrogens with one attached hydrogen (secondary N) is 2. The minimum absolute atomic E-state index is 0.0143. The number of hydrogen-bond acceptors (Lipinski definition) is 6. The van der Waals surface area contributed by atoms with Gasteiger partial charge in [0, 0.05) is 68.7 Å². The van der Waals surface area contributed by atoms with Gasteiger partial charge in [-0.1, -0.05) is 32.0 Å². The van der Waals surface area contributed by atoms with Gasteiger partial charge >= 0.3 is 12.1 Å². The Morgan fingerprint density at radius 3 is 2.28 bits per heavy atom. The lowest BCUT2D eigenvalue weighted by Gasteiger charge is -2.43. The molecule has 3 fully saturated rings. The van der Waals surface area contributed by atoms with Crippen LogP contribution in [0.4, 0.5) is 15.3 Å². The molecule has 3 saturated heterocycles. The van der Waals surface area contributed by atoms with Crippen LogP contribution in [0.15, 0.2) is 29.0 Å². The first-order valence-corrected chi connectivity index (χ1v) is 18.3. The molecule has 10 nitrogen and oxygen atoms in total. The molecule has 1 aromatic heterocycles. The topological polar surface area (TPSA) is 91.5 Å². The SMILES string of the molecule is CCc1ccc(C[C@@H](NC(=O)N2CCC(N3Cc4cscc4NC3=O)CC2)C(=O)N2CCN(C3CCN(C)CC3)CC2)cc1CC. The number of urea groups is 2. The number of nitrogens with zero attached hydrogens (tertiary/aromatic N) is 5. The van der Waals surface area contributed by atoms with E-state index in [1.165, 1.54) is 24.0 Å². The number of rotatable bonds is 8. The fourth-order valence-electron chi connectivity index (χ4n) is 7.72. The van der Waals surface area contributed by atoms with E-state index in [1.54, 1.807) is 11.3 Å². The number of thiophene rings is 1. The predicted octanol–water partition coefficient (Wildman–Crippen LogP) is 4.24. The lowest BCUT2D eigenvalue weighted by molar-refractivity contribution is -0.135. The van der Waals surface area contributed by atoms with Crippen LogP contribution in [0.25, 0.3) is 0 Å². The third kappa shape index (κ3) is 7.37. The van der Waals surface area contributed by atoms with Crippen molar-refractivity contribution in [2.75, 3.05) is 64.7 Å². The number of benzene rings is 1. The van der Waals surface area contributed by atoms with Gasteiger partial charge in [0.2, 0.25) is 5.91 Å². The van der Waals surface area contributed by atoms with Crippen LogP contribution in [0.2, 0.25) is 0 Å². The van der Waals surface area contributed by atoms with Crippen LogP contribution in [0.1, 0.15) is 61.8 Å². The van der Waals surface area contributed by atoms with Crippen molar-refractivity contribution in [3.63, 3.8) is 0 Å². The summed E-state index contributed by atoms with van der Waals surface area (Å²) >= 11 is 1.60. The Morgan fingerprint density at radius 2 is 1.59 bits per heavy atom. The standard InChI is InChI=1S/C35H51N7O3S/c1-4-26-7-6-25(20-27(26)5-2)21-31(33(43)40-18-16-39(17-19-40)29-8-12-38(3)13-9-29)36-34(44)41-14-10-30(11-15-41)42-22-28-23-46-24-32(28)37-35(42)45/h6-7,20,23-24,29-31H,4-5,8-19,21-22H2,1-3H3,(H,36,44)(H,37,45)/t31-/m1/s1. The normalized spacial score (nSPS) is 21.2. The lowest BCUT2D eigenvalue weighted by atomic mass is 9.96. The second-order valence-electron chi connectivity index (χ2n) is 13.5. The predicted molar refractivity (Wildman–Crippen MR) is 183 cm³/mol. The zero-order valence-electron chi connectivity index (χ0n) is 27.8. The Hall–Kier alpha value is -3.15. The molecule has 0 radical (unpaired) electrons. The van der Waals surface area contributed by atoms with Gasteiger partial charge in [0.1, 0.15) is 6.04 Å². The van der Waals surface area contributed by atoms with Gasteiger partial charge in [-0.2, -0.15) is 0 Å². The summed E-state index contributed by atoms with van der Waals surface area (Å²) in [6.45, 7) is 11.5. The number of hydrogen-bond donors (Lipinski definition) is 2. The first-order valence-electron chi connectivity index (χ1n) is 17.3. The summed E-state index contributed by atoms with van der Waals surface area (Å²) in [6, 6.07) is 6.33. The van der Waals surface area contributed by atoms with Crippen molar-refractivity contribution in [1.29, 1.82) is 0 Å². The van der Waals surface area contributed by atoms with E-state index in [4.69, 9.17) is 0 Å². The largest absolute Gasteiger partial charge is 0.338 e. The second-order valence-corrected chi connectivity index (χ2v) is 14.2. The van der Waals surface area contributed by atoms with Crippen LogP contribution in [0, 0.1) is 0 Å². The minimum atomic E-state index is -0.623. The highest BCUT2D eigenvalue weighted by Crippen LogP contribution is 2.30. The fourth-order valence-corrected chi connectivity index (χ4v) is 8.50. The van der Waals surface area contributed by atoms with E-state index in [9.17, 15) is 14.4 Å². The molecule has 6 rings (SSSR count). The number of piperazine rings is 1. The molecule has 1 aromatic carbocycles. The van der Waals surface area contributed by atoms with E-state index < -0.39 is 6.04 Å². The van der Waals surface area contributed by atoms with Crippen molar-refractivity contribution in [2.45, 2.75) is 83.5 Å². The summed E-state index contributed by atoms with van der Waals surface area (Å²) in [5.74, 6) is 0.0143. The van der Waals surface area contributed by atoms with E-state index in [-0.39, 0.29) is 24.0 Å². The molecule has 46 heavy (non-hydrogen) atoms. The maximum absolute atomic E-state index is 14.1. The number of likely N-dealkylation sites (tertiary alicyclic amines) is 2. The summed E-state index contributed by atoms with van der Waals surface area (Å²) in [4.78, 5) is 51.3. The molecule has 5 heterocycles. The van der Waals surface area contributed by atoms with Gasteiger partial charge < -0.3 is 30.2 Å². The molecule has 2 N–H and O–H groups in total. The molecule has 1 atom stereocenters. The van der Waals surface area contributed by atoms with Gasteiger partial charge in [-0.15, -0.1) is 11.3 Å². The molecule has 2 aromatic rings. The van der Waals surface area contributed by atoms with Crippen LogP contribution >= 0.6 is 11.3 Å². The first kappa shape index (κ1) is 32.8. The fraction of sp³-hybridized carbons (Fsp3) is 0.629. The van der Waals surface area contributed by atoms with Gasteiger partial charge in [0.05, 0.1) is 12.2 Å². The number of fused-ring (bicyclic) bond motifs is 1. The maximum Gasteiger partial charge on any atom is 0.322 e. The van der Waals surface area contributed by atoms with E-state index in [1.807, 2.05) is 20.1 Å². The molecule has 0 spiro atoms. The van der Waals surface area contributed by atoms with Crippen molar-refractivity contribution >= 4 is 35.0 Å². The summed E-state index contributed by atoms with van der Waals surface area (Å²) in [5.41, 5.74) is 5.79. The van der Waals surface area contributed by atoms with Gasteiger partial charge in [0.25, 0.3) is 0 Å². The summed E-state index contributed by atoms with van der Waals surface area (Å²) < 4.78 is 0. The second kappa shape index (κ2) is 14.7. The molecular formula is C35H51N7O3S. The van der Waals surface area contributed by atoms with Crippen molar-refractivity contribution in [3.05, 3.63) is 51.2 Å². The molecule has 250 valence electrons. The molecule has 11 heteroatoms. The molecule has 4 aliphatic heterocycles. The lowest BCUT2D eigenvalue weighted by Crippen LogP contribution is -2.59. The van der Waals surface area contributed by atoms with Crippen molar-refractivity contribution in [2.24, 2.45) is 0 Å². The molecule has 0 saturated carbocycles. The van der Waals surface area contributed by atoms with Gasteiger partial charge in [0.15, 0.2) is 0 Å². The Kier molecular flexibility index (Phi) is 10.5. The highest BCUT2D eigenvalue weighted by molar-refractivity contribution is 7.08. The zero-order chi connectivity index (χ0) is 32.2. The third-order valence-electron chi connectivity index (χ3n) is 10.7. The summed E-state index contributed by atoms with van der Waals surface area (Å²) in [6.07, 6.45) is 6.21. The molecule has 4 aliphatic rings. The highest BCUT2D eigenvalue weighted by atomic mass is 32.1. The van der Waals surface area contributed by atoms with Crippen molar-refractivity contribution < 1.29 is 14.4 Å². The average Bonchev–Trinajstić information content (AvgIpc) is 3.55. The van der Waals surface area contributed by atoms with E-state index in [0.29, 0.717) is 45.2 Å². The number of anilines is 1. The molecule has 0 aliphatic carbocycles. The smallest absolute Gasteiger partial charge is 0.322 e. The van der Waals surface area contributed by atoms with Gasteiger partial charge in [-0.3, -0.25) is 9.69 Å². The van der Waals surface area contributed by atoms with E-state index in [0.717, 1.165) is 68.7 Å². The number of aryl methyl sites for hydroxylation is 2. The minimum Gasteiger partial charge on any atom is -0.338 e. The maximum atomic E-state index is 14.1. The molecule has 0 unspecified atom stereocenters. The van der Waals surface area contributed by atoms with Crippen LogP contribution in [0.3, 0.4) is 0 Å². The number of amides is 5. The van der Waals surface area contributed by atoms with Crippen LogP contribution in [-0.2, 0) is 30.6 Å². The first-order chi connectivity index (χ1) is 22.3. The van der Waals surface area contributed by atoms with E-state index in [2.05, 4.69) is 64.9 Å². The third-order valence-corrected chi connectivity index (χ3v) is 11.5. The average molecular weight is 650 g/mol. The highest BCUT2D eigenvalue weighted by Gasteiger charge is 2.36. The van der Waals surface area contributed by atoms with Gasteiger partial charge in [-0.25, -0.2) is 9.59 Å². The monoisotopic (exact) mass is 649 g/mol. The van der Waals surface area contributed by atoms with Crippen LogP contribution in [0.5, 0.6) is 0 Å². The number of carbonyl (C=O) groups is 3. The van der Waals surface area contributed by atoms with Crippen molar-refractivity contribution in [3.8, 4) is 0 Å². The molecular weight excluding hydrogens is 598 g/mol. The quantitative estimate of drug-likeness (QED) is 0.447. The number of carbonyl (C=O) groups excluding carboxylic acids is 3. The summed E-state index contributed by atoms with van der Waals surface area (Å²) in [7, 11) is 2.19. The van der Waals surface area contributed by atoms with Crippen LogP contribution in [-0.4, -0.2) is 120 Å². The molecule has 5 amide bonds. The van der Waals surface area contributed by atoms with Gasteiger partial charge in [-0.05, 0) is 80.7 Å². The van der Waals surface area contributed by atoms with E-state index >= 15 is 0 Å². The summed E-state index contributed by atoms with van der Waals surface area (Å²) in [5, 5.41) is 10.3. The Bertz CT molecular complexity index is 1370. The van der Waals surface area contributed by atoms with Crippen LogP contribution < -0.4 is 10.6 Å². The van der Waals surface area contributed by atoms with Crippen molar-refractivity contribution in [1.82, 2.24) is 29.8 Å². The Morgan fingerprint density at radius 1 is 0.891 bits per heavy atom.